The molecule has 0 aromatic heterocycles. The maximum Gasteiger partial charge on any atom is 0.260 e. The van der Waals surface area contributed by atoms with E-state index in [-0.39, 0.29) is 6.71 Å². The van der Waals surface area contributed by atoms with Crippen LogP contribution in [0.15, 0.2) is 188 Å². The number of rotatable bonds is 4. The molecule has 2 nitrogen and oxygen atoms in total. The molecule has 0 unspecified atom stereocenters. The molecule has 2 aliphatic heterocycles. The third kappa shape index (κ3) is 4.61. The molecule has 0 amide bonds. The second-order valence-electron chi connectivity index (χ2n) is 13.9. The van der Waals surface area contributed by atoms with E-state index in [0.29, 0.717) is 0 Å². The molecule has 53 heavy (non-hydrogen) atoms. The molecule has 9 aromatic carbocycles. The Labute approximate surface area is 308 Å². The molecule has 0 radical (unpaired) electrons. The van der Waals surface area contributed by atoms with Gasteiger partial charge in [0.15, 0.2) is 0 Å². The van der Waals surface area contributed by atoms with Crippen molar-refractivity contribution in [1.82, 2.24) is 0 Å². The van der Waals surface area contributed by atoms with E-state index < -0.39 is 0 Å². The van der Waals surface area contributed by atoms with Crippen molar-refractivity contribution in [3.8, 4) is 67.5 Å². The lowest BCUT2D eigenvalue weighted by atomic mass is 9.34. The van der Waals surface area contributed by atoms with Crippen molar-refractivity contribution in [3.63, 3.8) is 0 Å². The van der Waals surface area contributed by atoms with Crippen LogP contribution in [0.4, 0.5) is 0 Å². The van der Waals surface area contributed by atoms with Crippen molar-refractivity contribution < 1.29 is 9.47 Å². The molecule has 246 valence electrons. The largest absolute Gasteiger partial charge is 0.458 e. The van der Waals surface area contributed by atoms with Crippen molar-refractivity contribution >= 4 is 44.6 Å². The number of hydrogen-bond acceptors (Lipinski definition) is 2. The highest BCUT2D eigenvalue weighted by Crippen LogP contribution is 2.48. The van der Waals surface area contributed by atoms with Gasteiger partial charge >= 0.3 is 0 Å². The summed E-state index contributed by atoms with van der Waals surface area (Å²) in [6, 6.07) is 67.1. The lowest BCUT2D eigenvalue weighted by Gasteiger charge is -2.35. The maximum atomic E-state index is 7.08. The first kappa shape index (κ1) is 29.9. The van der Waals surface area contributed by atoms with Crippen molar-refractivity contribution in [1.29, 1.82) is 0 Å². The van der Waals surface area contributed by atoms with Crippen molar-refractivity contribution in [2.45, 2.75) is 0 Å². The third-order valence-electron chi connectivity index (χ3n) is 11.0. The average molecular weight is 675 g/mol. The fourth-order valence-electron chi connectivity index (χ4n) is 8.70. The van der Waals surface area contributed by atoms with Crippen molar-refractivity contribution in [2.75, 3.05) is 0 Å². The lowest BCUT2D eigenvalue weighted by molar-refractivity contribution is 0.467. The molecule has 0 bridgehead atoms. The van der Waals surface area contributed by atoms with Crippen LogP contribution in [0.25, 0.3) is 66.1 Å². The van der Waals surface area contributed by atoms with Crippen molar-refractivity contribution in [3.05, 3.63) is 188 Å². The van der Waals surface area contributed by atoms with Crippen LogP contribution in [-0.2, 0) is 0 Å². The number of para-hydroxylation sites is 1. The van der Waals surface area contributed by atoms with E-state index in [2.05, 4.69) is 188 Å². The minimum atomic E-state index is -0.0964. The highest BCUT2D eigenvalue weighted by molar-refractivity contribution is 6.98. The Morgan fingerprint density at radius 3 is 1.30 bits per heavy atom. The fraction of sp³-hybridized carbons (Fsp3) is 0. The van der Waals surface area contributed by atoms with Crippen LogP contribution >= 0.6 is 0 Å². The molecule has 0 saturated heterocycles. The summed E-state index contributed by atoms with van der Waals surface area (Å²) in [7, 11) is 0. The van der Waals surface area contributed by atoms with Crippen LogP contribution in [0, 0.1) is 0 Å². The van der Waals surface area contributed by atoms with Gasteiger partial charge in [-0.25, -0.2) is 0 Å². The molecule has 2 aliphatic rings. The van der Waals surface area contributed by atoms with Crippen LogP contribution in [-0.4, -0.2) is 6.71 Å². The molecule has 11 rings (SSSR count). The number of ether oxygens (including phenoxy) is 2. The van der Waals surface area contributed by atoms with Crippen LogP contribution < -0.4 is 25.9 Å². The predicted octanol–water partition coefficient (Wildman–Crippen LogP) is 11.4. The van der Waals surface area contributed by atoms with Crippen LogP contribution in [0.1, 0.15) is 0 Å². The Morgan fingerprint density at radius 1 is 0.321 bits per heavy atom. The number of benzene rings is 9. The molecular formula is C50H31BO2. The molecule has 0 aliphatic carbocycles. The Kier molecular flexibility index (Phi) is 6.68. The molecule has 0 fully saturated rings. The Bertz CT molecular complexity index is 2770. The number of hydrogen-bond donors (Lipinski definition) is 0. The summed E-state index contributed by atoms with van der Waals surface area (Å²) < 4.78 is 14.0. The van der Waals surface area contributed by atoms with Gasteiger partial charge in [-0.05, 0) is 84.1 Å². The van der Waals surface area contributed by atoms with E-state index in [1.807, 2.05) is 0 Å². The monoisotopic (exact) mass is 674 g/mol. The van der Waals surface area contributed by atoms with E-state index >= 15 is 0 Å². The highest BCUT2D eigenvalue weighted by Gasteiger charge is 2.42. The summed E-state index contributed by atoms with van der Waals surface area (Å²) in [6.07, 6.45) is 0. The first-order chi connectivity index (χ1) is 26.3. The van der Waals surface area contributed by atoms with Crippen molar-refractivity contribution in [2.24, 2.45) is 0 Å². The maximum absolute atomic E-state index is 7.08. The molecule has 9 aromatic rings. The fourth-order valence-corrected chi connectivity index (χ4v) is 8.70. The summed E-state index contributed by atoms with van der Waals surface area (Å²) >= 11 is 0. The van der Waals surface area contributed by atoms with Gasteiger partial charge in [0, 0.05) is 16.6 Å². The van der Waals surface area contributed by atoms with E-state index in [1.165, 1.54) is 38.2 Å². The Hall–Kier alpha value is -6.84. The van der Waals surface area contributed by atoms with Gasteiger partial charge in [-0.3, -0.25) is 0 Å². The number of fused-ring (bicyclic) bond motifs is 6. The summed E-state index contributed by atoms with van der Waals surface area (Å²) in [4.78, 5) is 0. The predicted molar refractivity (Wildman–Crippen MR) is 221 cm³/mol. The van der Waals surface area contributed by atoms with Gasteiger partial charge in [0.2, 0.25) is 0 Å². The zero-order chi connectivity index (χ0) is 34.9. The van der Waals surface area contributed by atoms with Gasteiger partial charge in [0.1, 0.15) is 23.0 Å². The molecule has 3 heteroatoms. The van der Waals surface area contributed by atoms with Gasteiger partial charge in [-0.15, -0.1) is 0 Å². The van der Waals surface area contributed by atoms with Crippen LogP contribution in [0.5, 0.6) is 23.0 Å². The minimum absolute atomic E-state index is 0.0964. The van der Waals surface area contributed by atoms with E-state index in [1.54, 1.807) is 0 Å². The summed E-state index contributed by atoms with van der Waals surface area (Å²) in [6.45, 7) is -0.0964. The van der Waals surface area contributed by atoms with Gasteiger partial charge in [-0.2, -0.15) is 0 Å². The highest BCUT2D eigenvalue weighted by atomic mass is 16.5. The molecule has 2 heterocycles. The van der Waals surface area contributed by atoms with Gasteiger partial charge in [0.25, 0.3) is 6.71 Å². The Balaban J connectivity index is 1.20. The second kappa shape index (κ2) is 11.9. The molecule has 0 saturated carbocycles. The topological polar surface area (TPSA) is 18.5 Å². The molecular weight excluding hydrogens is 643 g/mol. The summed E-state index contributed by atoms with van der Waals surface area (Å²) in [5.74, 6) is 3.46. The molecule has 0 atom stereocenters. The second-order valence-corrected chi connectivity index (χ2v) is 13.9. The molecule has 0 N–H and O–H groups in total. The quantitative estimate of drug-likeness (QED) is 0.137. The van der Waals surface area contributed by atoms with E-state index in [9.17, 15) is 0 Å². The van der Waals surface area contributed by atoms with E-state index in [0.717, 1.165) is 67.2 Å². The van der Waals surface area contributed by atoms with Crippen LogP contribution in [0.3, 0.4) is 0 Å². The minimum Gasteiger partial charge on any atom is -0.458 e. The molecule has 0 spiro atoms. The Morgan fingerprint density at radius 2 is 0.755 bits per heavy atom. The normalized spacial score (nSPS) is 12.4. The summed E-state index contributed by atoms with van der Waals surface area (Å²) in [5, 5.41) is 4.94. The van der Waals surface area contributed by atoms with Crippen LogP contribution in [0.2, 0.25) is 0 Å². The zero-order valence-corrected chi connectivity index (χ0v) is 28.8. The van der Waals surface area contributed by atoms with Gasteiger partial charge in [-0.1, -0.05) is 170 Å². The SMILES string of the molecule is c1ccc(-c2cc(-c3ccccc3)c3c4c2Oc2ccccc2B4c2cc(-c4c5ccccc5c(-c5ccccc5)c5ccccc45)ccc2O3)cc1. The first-order valence-corrected chi connectivity index (χ1v) is 18.2. The third-order valence-corrected chi connectivity index (χ3v) is 11.0. The zero-order valence-electron chi connectivity index (χ0n) is 28.8. The van der Waals surface area contributed by atoms with E-state index in [4.69, 9.17) is 9.47 Å². The van der Waals surface area contributed by atoms with Gasteiger partial charge in [0.05, 0.1) is 0 Å². The standard InChI is InChI=1S/C50H31BO2/c1-4-16-32(17-5-1)40-31-41(33-18-6-2-7-19-33)50-48-49(40)52-44-27-15-14-26-42(44)51(48)43-30-35(28-29-45(43)53-50)47-38-24-12-10-22-36(38)46(34-20-8-3-9-21-34)37-23-11-13-25-39(37)47/h1-31H. The average Bonchev–Trinajstić information content (AvgIpc) is 3.23. The first-order valence-electron chi connectivity index (χ1n) is 18.2. The smallest absolute Gasteiger partial charge is 0.260 e. The lowest BCUT2D eigenvalue weighted by Crippen LogP contribution is -2.57. The van der Waals surface area contributed by atoms with Gasteiger partial charge < -0.3 is 9.47 Å². The summed E-state index contributed by atoms with van der Waals surface area (Å²) in [5.41, 5.74) is 12.5.